The Bertz CT molecular complexity index is 1330. The van der Waals surface area contributed by atoms with Crippen LogP contribution in [0.1, 0.15) is 23.4 Å². The minimum atomic E-state index is -0.284. The number of hydrogen-bond donors (Lipinski definition) is 3. The van der Waals surface area contributed by atoms with Crippen LogP contribution in [0.2, 0.25) is 0 Å². The van der Waals surface area contributed by atoms with Crippen molar-refractivity contribution in [2.45, 2.75) is 25.9 Å². The quantitative estimate of drug-likeness (QED) is 0.443. The van der Waals surface area contributed by atoms with Gasteiger partial charge in [0.2, 0.25) is 0 Å². The summed E-state index contributed by atoms with van der Waals surface area (Å²) in [7, 11) is 0. The van der Waals surface area contributed by atoms with Gasteiger partial charge in [-0.1, -0.05) is 6.07 Å². The van der Waals surface area contributed by atoms with E-state index in [4.69, 9.17) is 4.98 Å². The molecule has 0 saturated carbocycles. The number of aliphatic hydroxyl groups excluding tert-OH is 2. The van der Waals surface area contributed by atoms with Gasteiger partial charge >= 0.3 is 0 Å². The number of benzene rings is 1. The number of nitrogens with one attached hydrogen (secondary N) is 1. The van der Waals surface area contributed by atoms with Crippen LogP contribution in [-0.2, 0) is 6.42 Å². The lowest BCUT2D eigenvalue weighted by Gasteiger charge is -2.17. The van der Waals surface area contributed by atoms with Gasteiger partial charge in [0.15, 0.2) is 5.69 Å². The second kappa shape index (κ2) is 8.07. The summed E-state index contributed by atoms with van der Waals surface area (Å²) in [5.41, 5.74) is 5.93. The Kier molecular flexibility index (Phi) is 5.09. The Morgan fingerprint density at radius 3 is 2.91 bits per heavy atom. The van der Waals surface area contributed by atoms with Crippen LogP contribution in [-0.4, -0.2) is 60.7 Å². The number of aromatic nitrogens is 5. The summed E-state index contributed by atoms with van der Waals surface area (Å²) >= 11 is 0. The summed E-state index contributed by atoms with van der Waals surface area (Å²) < 4.78 is 1.91. The summed E-state index contributed by atoms with van der Waals surface area (Å²) in [6, 6.07) is 12.0. The van der Waals surface area contributed by atoms with E-state index in [0.717, 1.165) is 40.9 Å². The zero-order valence-electron chi connectivity index (χ0n) is 17.7. The predicted octanol–water partition coefficient (Wildman–Crippen LogP) is 2.10. The van der Waals surface area contributed by atoms with Crippen molar-refractivity contribution in [3.63, 3.8) is 0 Å². The molecule has 162 valence electrons. The third kappa shape index (κ3) is 3.39. The average Bonchev–Trinajstić information content (AvgIpc) is 3.52. The molecule has 0 bridgehead atoms. The lowest BCUT2D eigenvalue weighted by molar-refractivity contribution is 0.198. The number of aliphatic hydroxyl groups is 2. The van der Waals surface area contributed by atoms with Gasteiger partial charge in [0.1, 0.15) is 18.2 Å². The zero-order valence-corrected chi connectivity index (χ0v) is 17.7. The number of aromatic amines is 1. The summed E-state index contributed by atoms with van der Waals surface area (Å²) in [6.07, 6.45) is 2.65. The molecule has 3 N–H and O–H groups in total. The fraction of sp³-hybridized carbons (Fsp3) is 0.304. The number of nitrogens with zero attached hydrogens (tertiary/aromatic N) is 6. The molecule has 0 unspecified atom stereocenters. The van der Waals surface area contributed by atoms with E-state index in [0.29, 0.717) is 30.0 Å². The summed E-state index contributed by atoms with van der Waals surface area (Å²) in [6.45, 7) is 3.29. The van der Waals surface area contributed by atoms with Gasteiger partial charge in [-0.15, -0.1) is 0 Å². The number of hydrogen-bond acceptors (Lipinski definition) is 7. The Hall–Kier alpha value is -3.74. The summed E-state index contributed by atoms with van der Waals surface area (Å²) in [4.78, 5) is 11.6. The molecule has 0 aliphatic carbocycles. The second-order valence-electron chi connectivity index (χ2n) is 8.01. The van der Waals surface area contributed by atoms with Crippen molar-refractivity contribution in [1.29, 1.82) is 5.26 Å². The van der Waals surface area contributed by atoms with Crippen molar-refractivity contribution in [3.8, 4) is 23.1 Å². The van der Waals surface area contributed by atoms with E-state index < -0.39 is 0 Å². The number of rotatable bonds is 5. The zero-order chi connectivity index (χ0) is 22.2. The van der Waals surface area contributed by atoms with Gasteiger partial charge < -0.3 is 15.1 Å². The molecule has 0 spiro atoms. The molecule has 0 radical (unpaired) electrons. The molecule has 1 aliphatic rings. The number of aryl methyl sites for hydroxylation is 1. The number of imidazole rings is 1. The minimum absolute atomic E-state index is 0.0191. The molecule has 9 heteroatoms. The second-order valence-corrected chi connectivity index (χ2v) is 8.01. The first-order valence-electron chi connectivity index (χ1n) is 10.6. The van der Waals surface area contributed by atoms with Gasteiger partial charge in [0, 0.05) is 31.1 Å². The van der Waals surface area contributed by atoms with Crippen LogP contribution in [0, 0.1) is 18.3 Å². The average molecular weight is 429 g/mol. The van der Waals surface area contributed by atoms with E-state index in [1.165, 1.54) is 0 Å². The van der Waals surface area contributed by atoms with Crippen LogP contribution in [0.5, 0.6) is 0 Å². The van der Waals surface area contributed by atoms with Crippen LogP contribution >= 0.6 is 0 Å². The molecular formula is C23H23N7O2. The molecule has 1 aliphatic heterocycles. The monoisotopic (exact) mass is 429 g/mol. The molecule has 32 heavy (non-hydrogen) atoms. The Labute approximate surface area is 184 Å². The van der Waals surface area contributed by atoms with Gasteiger partial charge in [-0.25, -0.2) is 9.97 Å². The Balaban J connectivity index is 1.59. The van der Waals surface area contributed by atoms with E-state index in [9.17, 15) is 15.5 Å². The highest BCUT2D eigenvalue weighted by atomic mass is 16.3. The number of pyridine rings is 1. The lowest BCUT2D eigenvalue weighted by Crippen LogP contribution is -2.20. The van der Waals surface area contributed by atoms with Gasteiger partial charge in [-0.3, -0.25) is 9.67 Å². The highest BCUT2D eigenvalue weighted by molar-refractivity contribution is 5.81. The normalized spacial score (nSPS) is 16.1. The summed E-state index contributed by atoms with van der Waals surface area (Å²) in [5, 5.41) is 35.8. The van der Waals surface area contributed by atoms with Gasteiger partial charge in [-0.2, -0.15) is 10.4 Å². The van der Waals surface area contributed by atoms with Crippen LogP contribution in [0.4, 0.5) is 5.69 Å². The van der Waals surface area contributed by atoms with E-state index in [1.807, 2.05) is 41.8 Å². The largest absolute Gasteiger partial charge is 0.396 e. The van der Waals surface area contributed by atoms with Crippen molar-refractivity contribution in [1.82, 2.24) is 24.7 Å². The van der Waals surface area contributed by atoms with E-state index in [2.05, 4.69) is 26.2 Å². The lowest BCUT2D eigenvalue weighted by atomic mass is 10.0. The molecule has 9 nitrogen and oxygen atoms in total. The van der Waals surface area contributed by atoms with Crippen molar-refractivity contribution >= 4 is 16.7 Å². The van der Waals surface area contributed by atoms with Crippen LogP contribution in [0.3, 0.4) is 0 Å². The number of H-pyrrole nitrogens is 1. The number of nitriles is 1. The fourth-order valence-electron chi connectivity index (χ4n) is 4.31. The molecule has 4 heterocycles. The van der Waals surface area contributed by atoms with Gasteiger partial charge in [0.25, 0.3) is 0 Å². The maximum Gasteiger partial charge on any atom is 0.171 e. The van der Waals surface area contributed by atoms with E-state index >= 15 is 0 Å². The standard InChI is InChI=1S/C23H23N7O2/c1-14-22(19(11-24)28-27-14)23-15(7-9-31)2-5-21(26-23)30-13-25-18-10-16(3-4-20(18)30)29-8-6-17(32)12-29/h2-5,10,13,17,31-32H,6-9,12H2,1H3,(H,27,28)/t17-/m1/s1. The Morgan fingerprint density at radius 1 is 1.28 bits per heavy atom. The third-order valence-corrected chi connectivity index (χ3v) is 5.94. The third-order valence-electron chi connectivity index (χ3n) is 5.94. The predicted molar refractivity (Wildman–Crippen MR) is 120 cm³/mol. The Morgan fingerprint density at radius 2 is 2.16 bits per heavy atom. The highest BCUT2D eigenvalue weighted by Gasteiger charge is 2.22. The fourth-order valence-corrected chi connectivity index (χ4v) is 4.31. The number of fused-ring (bicyclic) bond motifs is 1. The molecule has 4 aromatic rings. The smallest absolute Gasteiger partial charge is 0.171 e. The topological polar surface area (TPSA) is 127 Å². The highest BCUT2D eigenvalue weighted by Crippen LogP contribution is 2.30. The van der Waals surface area contributed by atoms with Crippen molar-refractivity contribution in [3.05, 3.63) is 53.6 Å². The maximum atomic E-state index is 9.84. The molecule has 5 rings (SSSR count). The van der Waals surface area contributed by atoms with Crippen LogP contribution < -0.4 is 4.90 Å². The van der Waals surface area contributed by atoms with Crippen molar-refractivity contribution < 1.29 is 10.2 Å². The molecule has 3 aromatic heterocycles. The van der Waals surface area contributed by atoms with Crippen LogP contribution in [0.25, 0.3) is 28.1 Å². The molecule has 1 saturated heterocycles. The van der Waals surface area contributed by atoms with Crippen molar-refractivity contribution in [2.75, 3.05) is 24.6 Å². The van der Waals surface area contributed by atoms with E-state index in [1.54, 1.807) is 6.33 Å². The van der Waals surface area contributed by atoms with Crippen molar-refractivity contribution in [2.24, 2.45) is 0 Å². The molecular weight excluding hydrogens is 406 g/mol. The first kappa shape index (κ1) is 20.2. The number of anilines is 1. The molecule has 1 atom stereocenters. The minimum Gasteiger partial charge on any atom is -0.396 e. The van der Waals surface area contributed by atoms with Crippen LogP contribution in [0.15, 0.2) is 36.7 Å². The number of β-amino-alcohol motifs (C(OH)–C–C–N with tert-alkyl or cyclic N) is 1. The van der Waals surface area contributed by atoms with Gasteiger partial charge in [0.05, 0.1) is 28.4 Å². The first-order valence-corrected chi connectivity index (χ1v) is 10.6. The SMILES string of the molecule is Cc1[nH]nc(C#N)c1-c1nc(-n2cnc3cc(N4CC[C@@H](O)C4)ccc32)ccc1CCO. The van der Waals surface area contributed by atoms with E-state index in [-0.39, 0.29) is 18.4 Å². The van der Waals surface area contributed by atoms with Gasteiger partial charge in [-0.05, 0) is 49.6 Å². The molecule has 1 aromatic carbocycles. The molecule has 1 fully saturated rings. The maximum absolute atomic E-state index is 9.84. The first-order chi connectivity index (χ1) is 15.6. The summed E-state index contributed by atoms with van der Waals surface area (Å²) in [5.74, 6) is 0.665. The molecule has 0 amide bonds.